The van der Waals surface area contributed by atoms with E-state index in [4.69, 9.17) is 10.5 Å². The van der Waals surface area contributed by atoms with Gasteiger partial charge in [-0.05, 0) is 12.1 Å². The summed E-state index contributed by atoms with van der Waals surface area (Å²) in [5.41, 5.74) is 2.99. The van der Waals surface area contributed by atoms with Crippen LogP contribution in [0.25, 0.3) is 44.6 Å². The Morgan fingerprint density at radius 3 is 1.45 bits per heavy atom. The summed E-state index contributed by atoms with van der Waals surface area (Å²) in [5, 5.41) is 26.0. The number of nitriles is 2. The third kappa shape index (κ3) is 6.04. The normalized spacial score (nSPS) is 13.2. The highest BCUT2D eigenvalue weighted by Crippen LogP contribution is 2.35. The number of hydrogen-bond acceptors (Lipinski definition) is 8. The van der Waals surface area contributed by atoms with Gasteiger partial charge in [-0.1, -0.05) is 0 Å². The summed E-state index contributed by atoms with van der Waals surface area (Å²) in [7, 11) is 0. The van der Waals surface area contributed by atoms with Crippen LogP contribution in [-0.2, 0) is 0 Å². The van der Waals surface area contributed by atoms with Crippen LogP contribution in [0, 0.1) is 22.7 Å². The van der Waals surface area contributed by atoms with Gasteiger partial charge in [0.05, 0.1) is 48.8 Å². The molecular weight excluding hydrogens is 594 g/mol. The van der Waals surface area contributed by atoms with Crippen LogP contribution in [0.2, 0.25) is 0 Å². The molecule has 2 atom stereocenters. The van der Waals surface area contributed by atoms with E-state index in [2.05, 4.69) is 40.1 Å². The van der Waals surface area contributed by atoms with Crippen molar-refractivity contribution >= 4 is 22.1 Å². The van der Waals surface area contributed by atoms with E-state index in [-0.39, 0.29) is 0 Å². The average molecular weight is 613 g/mol. The molecule has 0 saturated heterocycles. The molecule has 0 aromatic carbocycles. The van der Waals surface area contributed by atoms with Gasteiger partial charge < -0.3 is 9.97 Å². The van der Waals surface area contributed by atoms with Crippen molar-refractivity contribution in [3.63, 3.8) is 0 Å². The molecule has 0 radical (unpaired) electrons. The number of nitrogens with one attached hydrogen (secondary N) is 2. The Kier molecular flexibility index (Phi) is 7.99. The van der Waals surface area contributed by atoms with Crippen LogP contribution in [0.4, 0.5) is 26.3 Å². The molecule has 44 heavy (non-hydrogen) atoms. The van der Waals surface area contributed by atoms with Crippen LogP contribution >= 0.6 is 0 Å². The Balaban J connectivity index is 0.000000175. The maximum absolute atomic E-state index is 13.0. The lowest BCUT2D eigenvalue weighted by Crippen LogP contribution is -2.26. The highest BCUT2D eigenvalue weighted by molar-refractivity contribution is 5.90. The zero-order valence-corrected chi connectivity index (χ0v) is 22.1. The topological polar surface area (TPSA) is 166 Å². The van der Waals surface area contributed by atoms with Gasteiger partial charge in [0.1, 0.15) is 23.9 Å². The smallest absolute Gasteiger partial charge is 0.346 e. The molecular formula is C26H18F6N12. The quantitative estimate of drug-likeness (QED) is 0.227. The number of hydrogen-bond donors (Lipinski definition) is 2. The van der Waals surface area contributed by atoms with E-state index in [0.717, 1.165) is 9.36 Å². The van der Waals surface area contributed by atoms with Crippen molar-refractivity contribution in [2.45, 2.75) is 37.3 Å². The zero-order chi connectivity index (χ0) is 31.5. The van der Waals surface area contributed by atoms with Crippen LogP contribution in [0.1, 0.15) is 24.9 Å². The van der Waals surface area contributed by atoms with Gasteiger partial charge in [-0.2, -0.15) is 47.1 Å². The highest BCUT2D eigenvalue weighted by atomic mass is 19.4. The van der Waals surface area contributed by atoms with Crippen LogP contribution in [0.3, 0.4) is 0 Å². The molecule has 0 aliphatic carbocycles. The molecule has 6 rings (SSSR count). The molecule has 224 valence electrons. The van der Waals surface area contributed by atoms with Crippen LogP contribution in [0.5, 0.6) is 0 Å². The lowest BCUT2D eigenvalue weighted by molar-refractivity contribution is -0.169. The fraction of sp³-hybridized carbons (Fsp3) is 0.231. The first-order valence-corrected chi connectivity index (χ1v) is 12.5. The molecule has 0 saturated carbocycles. The van der Waals surface area contributed by atoms with E-state index in [0.29, 0.717) is 44.6 Å². The van der Waals surface area contributed by atoms with Crippen molar-refractivity contribution in [2.24, 2.45) is 0 Å². The maximum atomic E-state index is 13.0. The van der Waals surface area contributed by atoms with E-state index >= 15 is 0 Å². The van der Waals surface area contributed by atoms with E-state index in [9.17, 15) is 26.3 Å². The zero-order valence-electron chi connectivity index (χ0n) is 22.1. The molecule has 6 heterocycles. The van der Waals surface area contributed by atoms with Gasteiger partial charge in [0.15, 0.2) is 12.1 Å². The van der Waals surface area contributed by atoms with Crippen molar-refractivity contribution < 1.29 is 26.3 Å². The molecule has 2 N–H and O–H groups in total. The van der Waals surface area contributed by atoms with Gasteiger partial charge in [0, 0.05) is 46.7 Å². The highest BCUT2D eigenvalue weighted by Gasteiger charge is 2.42. The van der Waals surface area contributed by atoms with E-state index in [1.807, 2.05) is 0 Å². The molecule has 12 nitrogen and oxygen atoms in total. The van der Waals surface area contributed by atoms with Crippen molar-refractivity contribution in [1.29, 1.82) is 10.5 Å². The molecule has 6 aromatic rings. The first-order valence-electron chi connectivity index (χ1n) is 12.5. The summed E-state index contributed by atoms with van der Waals surface area (Å²) in [4.78, 5) is 22.0. The minimum atomic E-state index is -4.55. The minimum Gasteiger partial charge on any atom is -0.346 e. The van der Waals surface area contributed by atoms with Crippen LogP contribution in [-0.4, -0.2) is 61.8 Å². The molecule has 0 amide bonds. The molecule has 0 aliphatic rings. The molecule has 0 aliphatic heterocycles. The first kappa shape index (κ1) is 29.7. The minimum absolute atomic E-state index is 0.430. The number of aromatic nitrogens is 10. The number of H-pyrrole nitrogens is 2. The number of nitrogens with zero attached hydrogens (tertiary/aromatic N) is 10. The molecule has 0 spiro atoms. The summed E-state index contributed by atoms with van der Waals surface area (Å²) in [6, 6.07) is 2.59. The fourth-order valence-corrected chi connectivity index (χ4v) is 4.36. The van der Waals surface area contributed by atoms with Crippen molar-refractivity contribution in [3.8, 4) is 34.7 Å². The van der Waals surface area contributed by atoms with E-state index in [1.54, 1.807) is 24.5 Å². The van der Waals surface area contributed by atoms with Gasteiger partial charge in [-0.25, -0.2) is 19.9 Å². The number of fused-ring (bicyclic) bond motifs is 2. The fourth-order valence-electron chi connectivity index (χ4n) is 4.36. The van der Waals surface area contributed by atoms with Crippen LogP contribution < -0.4 is 0 Å². The standard InChI is InChI=1S/2C13H9F3N6/c2*14-13(15,16)10(1-3-17)22-6-8(5-21-22)11-9-2-4-18-12(9)20-7-19-11/h2*2,4-7,10H,1H2,(H,18,19,20)/t2*10-/m10/s1. The number of alkyl halides is 6. The second kappa shape index (κ2) is 11.8. The summed E-state index contributed by atoms with van der Waals surface area (Å²) >= 11 is 0. The number of halogens is 6. The first-order chi connectivity index (χ1) is 21.0. The van der Waals surface area contributed by atoms with Crippen molar-refractivity contribution in [3.05, 3.63) is 62.0 Å². The third-order valence-corrected chi connectivity index (χ3v) is 6.42. The van der Waals surface area contributed by atoms with E-state index in [1.165, 1.54) is 49.6 Å². The van der Waals surface area contributed by atoms with Crippen molar-refractivity contribution in [1.82, 2.24) is 49.5 Å². The molecule has 0 fully saturated rings. The van der Waals surface area contributed by atoms with Gasteiger partial charge in [-0.3, -0.25) is 9.36 Å². The summed E-state index contributed by atoms with van der Waals surface area (Å²) in [6.07, 6.45) is 0.557. The van der Waals surface area contributed by atoms with Gasteiger partial charge in [0.2, 0.25) is 0 Å². The molecule has 18 heteroatoms. The van der Waals surface area contributed by atoms with Gasteiger partial charge >= 0.3 is 12.4 Å². The predicted molar refractivity (Wildman–Crippen MR) is 141 cm³/mol. The number of aromatic amines is 2. The Morgan fingerprint density at radius 2 is 1.09 bits per heavy atom. The second-order valence-corrected chi connectivity index (χ2v) is 9.18. The SMILES string of the molecule is N#CC[C@@H](n1cc(-c2ncnc3[nH]ccc23)cn1)C(F)(F)F.N#CC[C@H](n1cc(-c2ncnc3[nH]ccc23)cn1)C(F)(F)F. The molecule has 6 aromatic heterocycles. The summed E-state index contributed by atoms with van der Waals surface area (Å²) in [5.74, 6) is 0. The Labute approximate surface area is 242 Å². The Morgan fingerprint density at radius 1 is 0.682 bits per heavy atom. The lowest BCUT2D eigenvalue weighted by atomic mass is 10.2. The van der Waals surface area contributed by atoms with Gasteiger partial charge in [0.25, 0.3) is 0 Å². The predicted octanol–water partition coefficient (Wildman–Crippen LogP) is 5.68. The average Bonchev–Trinajstić information content (AvgIpc) is 3.79. The Bertz CT molecular complexity index is 1820. The van der Waals surface area contributed by atoms with Crippen LogP contribution in [0.15, 0.2) is 62.0 Å². The second-order valence-electron chi connectivity index (χ2n) is 9.18. The number of rotatable bonds is 6. The summed E-state index contributed by atoms with van der Waals surface area (Å²) < 4.78 is 79.3. The maximum Gasteiger partial charge on any atom is 0.411 e. The summed E-state index contributed by atoms with van der Waals surface area (Å²) in [6.45, 7) is 0. The van der Waals surface area contributed by atoms with E-state index < -0.39 is 37.3 Å². The third-order valence-electron chi connectivity index (χ3n) is 6.42. The van der Waals surface area contributed by atoms with Crippen molar-refractivity contribution in [2.75, 3.05) is 0 Å². The van der Waals surface area contributed by atoms with Gasteiger partial charge in [-0.15, -0.1) is 0 Å². The molecule has 0 bridgehead atoms. The Hall–Kier alpha value is -5.78. The largest absolute Gasteiger partial charge is 0.411 e. The lowest BCUT2D eigenvalue weighted by Gasteiger charge is -2.17. The monoisotopic (exact) mass is 612 g/mol. The molecule has 0 unspecified atom stereocenters.